The highest BCUT2D eigenvalue weighted by Crippen LogP contribution is 2.27. The van der Waals surface area contributed by atoms with E-state index in [0.717, 1.165) is 59.8 Å². The van der Waals surface area contributed by atoms with Gasteiger partial charge in [0.1, 0.15) is 5.82 Å². The van der Waals surface area contributed by atoms with E-state index in [2.05, 4.69) is 49.4 Å². The number of likely N-dealkylation sites (tertiary alicyclic amines) is 1. The predicted octanol–water partition coefficient (Wildman–Crippen LogP) is 4.11. The van der Waals surface area contributed by atoms with E-state index < -0.39 is 0 Å². The summed E-state index contributed by atoms with van der Waals surface area (Å²) in [4.78, 5) is 35.2. The molecule has 1 saturated heterocycles. The molecular weight excluding hydrogens is 442 g/mol. The molecule has 3 heterocycles. The zero-order valence-corrected chi connectivity index (χ0v) is 19.7. The molecule has 2 aliphatic rings. The minimum Gasteiger partial charge on any atom is -0.341 e. The standard InChI is InChI=1S/C26H29N7O2/c1-17-16-28-25-30-20-5-2-4-18(14-20)7-8-19-15-21(29-24(17)32-25)9-10-22(19)31-26(35)27-11-13-33-12-3-6-23(33)34/h2,4-5,9-10,14-16H,3,6-8,11-13H2,1H3,(H2,27,31,35)(H2,28,29,30,32). The summed E-state index contributed by atoms with van der Waals surface area (Å²) in [6.07, 6.45) is 4.84. The first-order valence-electron chi connectivity index (χ1n) is 12.0. The van der Waals surface area contributed by atoms with Gasteiger partial charge in [-0.15, -0.1) is 0 Å². The third kappa shape index (κ3) is 5.51. The van der Waals surface area contributed by atoms with Gasteiger partial charge in [-0.1, -0.05) is 12.1 Å². The molecular formula is C26H29N7O2. The molecule has 3 amide bonds. The lowest BCUT2D eigenvalue weighted by Crippen LogP contribution is -2.37. The van der Waals surface area contributed by atoms with Crippen LogP contribution in [0, 0.1) is 6.92 Å². The number of hydrogen-bond acceptors (Lipinski definition) is 6. The van der Waals surface area contributed by atoms with Crippen LogP contribution in [-0.4, -0.2) is 46.4 Å². The number of benzene rings is 2. The Labute approximate surface area is 204 Å². The number of carbonyl (C=O) groups is 2. The molecule has 2 aromatic carbocycles. The molecule has 35 heavy (non-hydrogen) atoms. The molecule has 0 radical (unpaired) electrons. The minimum atomic E-state index is -0.279. The van der Waals surface area contributed by atoms with Gasteiger partial charge in [0, 0.05) is 54.9 Å². The van der Waals surface area contributed by atoms with Gasteiger partial charge in [-0.25, -0.2) is 9.78 Å². The van der Waals surface area contributed by atoms with Crippen molar-refractivity contribution in [3.05, 3.63) is 65.4 Å². The summed E-state index contributed by atoms with van der Waals surface area (Å²) in [7, 11) is 0. The molecule has 5 rings (SSSR count). The fraction of sp³-hybridized carbons (Fsp3) is 0.308. The number of carbonyl (C=O) groups excluding carboxylic acids is 2. The average Bonchev–Trinajstić information content (AvgIpc) is 3.25. The van der Waals surface area contributed by atoms with E-state index in [9.17, 15) is 9.59 Å². The molecule has 3 aromatic rings. The van der Waals surface area contributed by atoms with E-state index in [1.165, 1.54) is 5.56 Å². The number of amides is 3. The summed E-state index contributed by atoms with van der Waals surface area (Å²) >= 11 is 0. The highest BCUT2D eigenvalue weighted by molar-refractivity contribution is 5.90. The summed E-state index contributed by atoms with van der Waals surface area (Å²) in [5, 5.41) is 12.5. The van der Waals surface area contributed by atoms with Gasteiger partial charge in [0.25, 0.3) is 0 Å². The number of hydrogen-bond donors (Lipinski definition) is 4. The number of fused-ring (bicyclic) bond motifs is 6. The lowest BCUT2D eigenvalue weighted by atomic mass is 10.0. The van der Waals surface area contributed by atoms with E-state index in [1.807, 2.05) is 31.2 Å². The molecule has 2 aliphatic heterocycles. The Morgan fingerprint density at radius 2 is 1.97 bits per heavy atom. The van der Waals surface area contributed by atoms with Crippen LogP contribution in [0.1, 0.15) is 29.5 Å². The van der Waals surface area contributed by atoms with Gasteiger partial charge in [0.15, 0.2) is 0 Å². The van der Waals surface area contributed by atoms with Gasteiger partial charge in [-0.05, 0) is 67.6 Å². The number of rotatable bonds is 4. The first-order valence-corrected chi connectivity index (χ1v) is 12.0. The van der Waals surface area contributed by atoms with Gasteiger partial charge in [-0.3, -0.25) is 4.79 Å². The van der Waals surface area contributed by atoms with Gasteiger partial charge < -0.3 is 26.2 Å². The van der Waals surface area contributed by atoms with Crippen molar-refractivity contribution < 1.29 is 9.59 Å². The van der Waals surface area contributed by atoms with Crippen molar-refractivity contribution in [2.45, 2.75) is 32.6 Å². The van der Waals surface area contributed by atoms with Crippen molar-refractivity contribution in [3.63, 3.8) is 0 Å². The van der Waals surface area contributed by atoms with Gasteiger partial charge in [-0.2, -0.15) is 4.98 Å². The summed E-state index contributed by atoms with van der Waals surface area (Å²) in [5.74, 6) is 1.41. The normalized spacial score (nSPS) is 14.7. The number of aromatic nitrogens is 2. The highest BCUT2D eigenvalue weighted by Gasteiger charge is 2.19. The molecule has 0 unspecified atom stereocenters. The molecule has 0 saturated carbocycles. The third-order valence-corrected chi connectivity index (χ3v) is 6.29. The lowest BCUT2D eigenvalue weighted by Gasteiger charge is -2.17. The maximum Gasteiger partial charge on any atom is 0.319 e. The van der Waals surface area contributed by atoms with Crippen LogP contribution in [-0.2, 0) is 17.6 Å². The largest absolute Gasteiger partial charge is 0.341 e. The molecule has 180 valence electrons. The minimum absolute atomic E-state index is 0.159. The fourth-order valence-corrected chi connectivity index (χ4v) is 4.39. The van der Waals surface area contributed by atoms with Gasteiger partial charge in [0.2, 0.25) is 11.9 Å². The van der Waals surface area contributed by atoms with Gasteiger partial charge in [0.05, 0.1) is 0 Å². The van der Waals surface area contributed by atoms with Crippen molar-refractivity contribution in [1.29, 1.82) is 0 Å². The second kappa shape index (κ2) is 10.0. The third-order valence-electron chi connectivity index (χ3n) is 6.29. The van der Waals surface area contributed by atoms with E-state index in [1.54, 1.807) is 11.1 Å². The molecule has 1 fully saturated rings. The average molecular weight is 472 g/mol. The topological polar surface area (TPSA) is 111 Å². The van der Waals surface area contributed by atoms with Crippen LogP contribution in [0.3, 0.4) is 0 Å². The van der Waals surface area contributed by atoms with E-state index in [0.29, 0.717) is 25.5 Å². The molecule has 0 atom stereocenters. The summed E-state index contributed by atoms with van der Waals surface area (Å²) < 4.78 is 0. The Balaban J connectivity index is 1.35. The SMILES string of the molecule is Cc1cnc2nc1Nc1ccc(NC(=O)NCCN3CCCC3=O)c(c1)CCc1cccc(c1)N2. The number of urea groups is 1. The van der Waals surface area contributed by atoms with Crippen molar-refractivity contribution >= 4 is 40.8 Å². The van der Waals surface area contributed by atoms with Crippen molar-refractivity contribution in [2.75, 3.05) is 35.6 Å². The monoisotopic (exact) mass is 471 g/mol. The van der Waals surface area contributed by atoms with Crippen LogP contribution in [0.2, 0.25) is 0 Å². The van der Waals surface area contributed by atoms with E-state index in [-0.39, 0.29) is 11.9 Å². The predicted molar refractivity (Wildman–Crippen MR) is 136 cm³/mol. The van der Waals surface area contributed by atoms with Crippen LogP contribution in [0.5, 0.6) is 0 Å². The van der Waals surface area contributed by atoms with Crippen LogP contribution >= 0.6 is 0 Å². The Kier molecular flexibility index (Phi) is 6.47. The smallest absolute Gasteiger partial charge is 0.319 e. The first-order chi connectivity index (χ1) is 17.0. The molecule has 9 heteroatoms. The maximum absolute atomic E-state index is 12.6. The molecule has 9 nitrogen and oxygen atoms in total. The van der Waals surface area contributed by atoms with Crippen LogP contribution in [0.15, 0.2) is 48.7 Å². The lowest BCUT2D eigenvalue weighted by molar-refractivity contribution is -0.127. The summed E-state index contributed by atoms with van der Waals surface area (Å²) in [6.45, 7) is 3.68. The van der Waals surface area contributed by atoms with Crippen molar-refractivity contribution in [1.82, 2.24) is 20.2 Å². The number of aryl methyl sites for hydroxylation is 3. The second-order valence-electron chi connectivity index (χ2n) is 8.91. The second-order valence-corrected chi connectivity index (χ2v) is 8.91. The number of anilines is 5. The van der Waals surface area contributed by atoms with Crippen LogP contribution < -0.4 is 21.3 Å². The first kappa shape index (κ1) is 22.6. The van der Waals surface area contributed by atoms with E-state index >= 15 is 0 Å². The molecule has 0 aliphatic carbocycles. The van der Waals surface area contributed by atoms with Crippen LogP contribution in [0.25, 0.3) is 0 Å². The van der Waals surface area contributed by atoms with E-state index in [4.69, 9.17) is 0 Å². The molecule has 1 aromatic heterocycles. The Hall–Kier alpha value is -4.14. The number of nitrogens with zero attached hydrogens (tertiary/aromatic N) is 3. The Morgan fingerprint density at radius 3 is 2.83 bits per heavy atom. The Morgan fingerprint density at radius 1 is 1.09 bits per heavy atom. The molecule has 6 bridgehead atoms. The molecule has 4 N–H and O–H groups in total. The highest BCUT2D eigenvalue weighted by atomic mass is 16.2. The summed E-state index contributed by atoms with van der Waals surface area (Å²) in [5.41, 5.74) is 5.69. The quantitative estimate of drug-likeness (QED) is 0.456. The summed E-state index contributed by atoms with van der Waals surface area (Å²) in [6, 6.07) is 13.8. The van der Waals surface area contributed by atoms with Crippen molar-refractivity contribution in [3.8, 4) is 0 Å². The Bertz CT molecular complexity index is 1260. The maximum atomic E-state index is 12.6. The van der Waals surface area contributed by atoms with Crippen molar-refractivity contribution in [2.24, 2.45) is 0 Å². The number of nitrogens with one attached hydrogen (secondary N) is 4. The zero-order valence-electron chi connectivity index (χ0n) is 19.7. The fourth-order valence-electron chi connectivity index (χ4n) is 4.39. The molecule has 0 spiro atoms. The van der Waals surface area contributed by atoms with Gasteiger partial charge >= 0.3 is 6.03 Å². The van der Waals surface area contributed by atoms with Crippen LogP contribution in [0.4, 0.5) is 33.6 Å². The zero-order chi connectivity index (χ0) is 24.2.